The lowest BCUT2D eigenvalue weighted by molar-refractivity contribution is -0.384. The maximum absolute atomic E-state index is 12.1. The fourth-order valence-corrected chi connectivity index (χ4v) is 3.38. The summed E-state index contributed by atoms with van der Waals surface area (Å²) >= 11 is 0. The Morgan fingerprint density at radius 2 is 1.94 bits per heavy atom. The quantitative estimate of drug-likeness (QED) is 0.209. The van der Waals surface area contributed by atoms with Gasteiger partial charge >= 0.3 is 0 Å². The van der Waals surface area contributed by atoms with Crippen LogP contribution in [0.2, 0.25) is 0 Å². The van der Waals surface area contributed by atoms with Crippen LogP contribution in [-0.4, -0.2) is 33.0 Å². The van der Waals surface area contributed by atoms with Crippen molar-refractivity contribution in [3.05, 3.63) is 64.2 Å². The number of rotatable bonds is 9. The number of nitrogens with zero attached hydrogens (tertiary/aromatic N) is 4. The molecule has 33 heavy (non-hydrogen) atoms. The molecule has 2 aromatic carbocycles. The second-order valence-electron chi connectivity index (χ2n) is 7.95. The number of azo groups is 1. The number of benzene rings is 2. The molecule has 0 bridgehead atoms. The van der Waals surface area contributed by atoms with Crippen molar-refractivity contribution in [2.45, 2.75) is 33.2 Å². The monoisotopic (exact) mass is 451 g/mol. The van der Waals surface area contributed by atoms with E-state index in [1.54, 1.807) is 4.57 Å². The predicted octanol–water partition coefficient (Wildman–Crippen LogP) is 4.73. The summed E-state index contributed by atoms with van der Waals surface area (Å²) < 4.78 is 1.75. The summed E-state index contributed by atoms with van der Waals surface area (Å²) in [7, 11) is 0. The number of nitrogens with one attached hydrogen (secondary N) is 1. The lowest BCUT2D eigenvalue weighted by Gasteiger charge is -2.09. The number of aromatic hydroxyl groups is 1. The van der Waals surface area contributed by atoms with Gasteiger partial charge in [-0.2, -0.15) is 0 Å². The molecule has 0 aliphatic carbocycles. The molecular weight excluding hydrogens is 426 g/mol. The largest absolute Gasteiger partial charge is 0.493 e. The molecule has 0 unspecified atom stereocenters. The number of hydrogen-bond acceptors (Lipinski definition) is 6. The second-order valence-corrected chi connectivity index (χ2v) is 7.95. The maximum atomic E-state index is 12.1. The van der Waals surface area contributed by atoms with E-state index in [9.17, 15) is 24.8 Å². The van der Waals surface area contributed by atoms with Gasteiger partial charge in [0.25, 0.3) is 17.5 Å². The molecule has 2 N–H and O–H groups in total. The van der Waals surface area contributed by atoms with Gasteiger partial charge < -0.3 is 15.0 Å². The summed E-state index contributed by atoms with van der Waals surface area (Å²) in [5, 5.41) is 32.5. The molecule has 0 aliphatic rings. The van der Waals surface area contributed by atoms with E-state index < -0.39 is 16.7 Å². The van der Waals surface area contributed by atoms with E-state index in [0.717, 1.165) is 5.52 Å². The van der Waals surface area contributed by atoms with Gasteiger partial charge in [0.2, 0.25) is 5.88 Å². The zero-order valence-corrected chi connectivity index (χ0v) is 18.4. The molecule has 0 aliphatic heterocycles. The minimum Gasteiger partial charge on any atom is -0.493 e. The van der Waals surface area contributed by atoms with Crippen molar-refractivity contribution in [2.75, 3.05) is 6.54 Å². The molecule has 2 amide bonds. The van der Waals surface area contributed by atoms with Crippen LogP contribution in [0.4, 0.5) is 11.4 Å². The lowest BCUT2D eigenvalue weighted by atomic mass is 10.2. The Hall–Kier alpha value is -4.08. The highest BCUT2D eigenvalue weighted by Crippen LogP contribution is 2.39. The number of carbonyl (C=O) groups excluding carboxylic acids is 2. The average molecular weight is 451 g/mol. The number of carbonyl (C=O) groups is 2. The van der Waals surface area contributed by atoms with Crippen LogP contribution in [0.5, 0.6) is 5.88 Å². The number of non-ortho nitro benzene ring substituents is 1. The first-order valence-corrected chi connectivity index (χ1v) is 10.6. The van der Waals surface area contributed by atoms with Crippen LogP contribution in [0.25, 0.3) is 10.9 Å². The van der Waals surface area contributed by atoms with Crippen LogP contribution in [0, 0.1) is 16.0 Å². The smallest absolute Gasteiger partial charge is 0.270 e. The fraction of sp³-hybridized carbons (Fsp3) is 0.304. The van der Waals surface area contributed by atoms with Gasteiger partial charge in [-0.15, -0.1) is 10.2 Å². The second kappa shape index (κ2) is 10.5. The molecule has 1 aromatic heterocycles. The summed E-state index contributed by atoms with van der Waals surface area (Å²) in [6.45, 7) is 4.87. The van der Waals surface area contributed by atoms with Crippen molar-refractivity contribution < 1.29 is 19.6 Å². The first-order valence-electron chi connectivity index (χ1n) is 10.6. The highest BCUT2D eigenvalue weighted by molar-refractivity contribution is 5.95. The standard InChI is InChI=1S/C23H25N5O5/c1-15(2)14-27-19-10-4-3-9-18(19)21(23(27)31)26-25-20(29)11-6-12-24-22(30)16-7-5-8-17(13-16)28(32)33/h3-5,7-10,13,15,31H,6,11-12,14H2,1-2H3,(H,24,30). The Balaban J connectivity index is 1.57. The molecule has 3 aromatic rings. The van der Waals surface area contributed by atoms with Gasteiger partial charge in [0, 0.05) is 42.6 Å². The minimum absolute atomic E-state index is 0.0364. The fourth-order valence-electron chi connectivity index (χ4n) is 3.38. The first-order chi connectivity index (χ1) is 15.8. The topological polar surface area (TPSA) is 139 Å². The molecule has 3 rings (SSSR count). The van der Waals surface area contributed by atoms with Crippen molar-refractivity contribution >= 4 is 34.1 Å². The van der Waals surface area contributed by atoms with Crippen molar-refractivity contribution in [1.29, 1.82) is 0 Å². The molecule has 0 radical (unpaired) electrons. The van der Waals surface area contributed by atoms with Crippen LogP contribution >= 0.6 is 0 Å². The van der Waals surface area contributed by atoms with Crippen LogP contribution in [0.15, 0.2) is 58.8 Å². The summed E-state index contributed by atoms with van der Waals surface area (Å²) in [5.74, 6) is -0.684. The molecule has 0 saturated carbocycles. The molecule has 0 spiro atoms. The number of hydrogen-bond donors (Lipinski definition) is 2. The molecular formula is C23H25N5O5. The molecule has 0 fully saturated rings. The molecule has 0 atom stereocenters. The molecule has 0 saturated heterocycles. The third kappa shape index (κ3) is 5.79. The molecule has 10 heteroatoms. The average Bonchev–Trinajstić information content (AvgIpc) is 3.05. The van der Waals surface area contributed by atoms with Gasteiger partial charge in [0.1, 0.15) is 0 Å². The maximum Gasteiger partial charge on any atom is 0.270 e. The zero-order chi connectivity index (χ0) is 24.0. The van der Waals surface area contributed by atoms with Gasteiger partial charge in [-0.3, -0.25) is 19.7 Å². The van der Waals surface area contributed by atoms with E-state index in [4.69, 9.17) is 0 Å². The van der Waals surface area contributed by atoms with E-state index in [2.05, 4.69) is 15.5 Å². The van der Waals surface area contributed by atoms with Crippen molar-refractivity contribution in [3.63, 3.8) is 0 Å². The normalized spacial score (nSPS) is 11.4. The lowest BCUT2D eigenvalue weighted by Crippen LogP contribution is -2.24. The third-order valence-electron chi connectivity index (χ3n) is 4.90. The Bertz CT molecular complexity index is 1220. The van der Waals surface area contributed by atoms with E-state index in [1.807, 2.05) is 38.1 Å². The summed E-state index contributed by atoms with van der Waals surface area (Å²) in [6, 6.07) is 12.8. The number of nitro benzene ring substituents is 1. The van der Waals surface area contributed by atoms with E-state index in [-0.39, 0.29) is 35.8 Å². The van der Waals surface area contributed by atoms with Gasteiger partial charge in [0.05, 0.1) is 10.4 Å². The number of fused-ring (bicyclic) bond motifs is 1. The third-order valence-corrected chi connectivity index (χ3v) is 4.90. The number of aromatic nitrogens is 1. The summed E-state index contributed by atoms with van der Waals surface area (Å²) in [6.07, 6.45) is 0.365. The van der Waals surface area contributed by atoms with Gasteiger partial charge in [-0.25, -0.2) is 0 Å². The Morgan fingerprint density at radius 3 is 2.67 bits per heavy atom. The van der Waals surface area contributed by atoms with E-state index >= 15 is 0 Å². The van der Waals surface area contributed by atoms with E-state index in [0.29, 0.717) is 24.3 Å². The van der Waals surface area contributed by atoms with Crippen molar-refractivity contribution in [2.24, 2.45) is 16.1 Å². The van der Waals surface area contributed by atoms with Gasteiger partial charge in [0.15, 0.2) is 5.69 Å². The van der Waals surface area contributed by atoms with Gasteiger partial charge in [-0.05, 0) is 24.5 Å². The van der Waals surface area contributed by atoms with Crippen LogP contribution in [0.1, 0.15) is 37.0 Å². The summed E-state index contributed by atoms with van der Waals surface area (Å²) in [4.78, 5) is 34.5. The molecule has 10 nitrogen and oxygen atoms in total. The number of para-hydroxylation sites is 1. The summed E-state index contributed by atoms with van der Waals surface area (Å²) in [5.41, 5.74) is 1.06. The van der Waals surface area contributed by atoms with E-state index in [1.165, 1.54) is 24.3 Å². The Morgan fingerprint density at radius 1 is 1.18 bits per heavy atom. The van der Waals surface area contributed by atoms with Crippen LogP contribution in [0.3, 0.4) is 0 Å². The number of amides is 2. The Labute approximate surface area is 190 Å². The number of nitro groups is 1. The van der Waals surface area contributed by atoms with Gasteiger partial charge in [-0.1, -0.05) is 38.1 Å². The van der Waals surface area contributed by atoms with Crippen LogP contribution in [-0.2, 0) is 11.3 Å². The SMILES string of the molecule is CC(C)Cn1c(O)c(N=NC(=O)CCCNC(=O)c2cccc([N+](=O)[O-])c2)c2ccccc21. The van der Waals surface area contributed by atoms with Crippen molar-refractivity contribution in [1.82, 2.24) is 9.88 Å². The predicted molar refractivity (Wildman–Crippen MR) is 123 cm³/mol. The van der Waals surface area contributed by atoms with Crippen LogP contribution < -0.4 is 5.32 Å². The highest BCUT2D eigenvalue weighted by atomic mass is 16.6. The Kier molecular flexibility index (Phi) is 7.50. The minimum atomic E-state index is -0.571. The first kappa shape index (κ1) is 23.6. The highest BCUT2D eigenvalue weighted by Gasteiger charge is 2.17. The van der Waals surface area contributed by atoms with Crippen molar-refractivity contribution in [3.8, 4) is 5.88 Å². The zero-order valence-electron chi connectivity index (χ0n) is 18.4. The molecule has 172 valence electrons. The molecule has 1 heterocycles.